The van der Waals surface area contributed by atoms with Gasteiger partial charge in [-0.05, 0) is 6.42 Å². The summed E-state index contributed by atoms with van der Waals surface area (Å²) in [6.45, 7) is 3.82. The van der Waals surface area contributed by atoms with Crippen molar-refractivity contribution in [1.29, 1.82) is 0 Å². The highest BCUT2D eigenvalue weighted by Gasteiger charge is 2.04. The van der Waals surface area contributed by atoms with Gasteiger partial charge in [-0.3, -0.25) is 0 Å². The van der Waals surface area contributed by atoms with Crippen molar-refractivity contribution in [2.75, 3.05) is 37.4 Å². The first kappa shape index (κ1) is 16.0. The van der Waals surface area contributed by atoms with Gasteiger partial charge in [-0.15, -0.1) is 0 Å². The molecule has 1 aromatic rings. The van der Waals surface area contributed by atoms with E-state index >= 15 is 0 Å². The number of carbonyl (C=O) groups is 1. The number of rotatable bonds is 9. The highest BCUT2D eigenvalue weighted by molar-refractivity contribution is 5.64. The minimum Gasteiger partial charge on any atom is -0.448 e. The van der Waals surface area contributed by atoms with E-state index in [1.165, 1.54) is 0 Å². The van der Waals surface area contributed by atoms with Crippen molar-refractivity contribution in [3.05, 3.63) is 11.9 Å². The zero-order chi connectivity index (χ0) is 14.8. The van der Waals surface area contributed by atoms with Gasteiger partial charge in [0.05, 0.1) is 6.54 Å². The van der Waals surface area contributed by atoms with E-state index in [0.717, 1.165) is 18.8 Å². The van der Waals surface area contributed by atoms with Crippen LogP contribution in [-0.4, -0.2) is 42.9 Å². The van der Waals surface area contributed by atoms with Crippen LogP contribution in [0.2, 0.25) is 0 Å². The van der Waals surface area contributed by atoms with Gasteiger partial charge in [-0.2, -0.15) is 0 Å². The Bertz CT molecular complexity index is 428. The molecule has 0 spiro atoms. The zero-order valence-corrected chi connectivity index (χ0v) is 11.8. The minimum atomic E-state index is -0.792. The molecule has 4 N–H and O–H groups in total. The molecule has 0 aliphatic heterocycles. The molecule has 0 aliphatic carbocycles. The maximum Gasteiger partial charge on any atom is 0.404 e. The third-order valence-corrected chi connectivity index (χ3v) is 2.25. The number of hydrogen-bond acceptors (Lipinski definition) is 7. The molecule has 112 valence electrons. The number of amides is 1. The first-order chi connectivity index (χ1) is 9.65. The van der Waals surface area contributed by atoms with Crippen LogP contribution >= 0.6 is 0 Å². The van der Waals surface area contributed by atoms with E-state index < -0.39 is 6.09 Å². The summed E-state index contributed by atoms with van der Waals surface area (Å²) in [5.41, 5.74) is 4.87. The van der Waals surface area contributed by atoms with Crippen molar-refractivity contribution < 1.29 is 14.3 Å². The van der Waals surface area contributed by atoms with Crippen molar-refractivity contribution in [2.24, 2.45) is 5.73 Å². The van der Waals surface area contributed by atoms with E-state index in [-0.39, 0.29) is 6.61 Å². The van der Waals surface area contributed by atoms with Gasteiger partial charge in [0, 0.05) is 19.7 Å². The summed E-state index contributed by atoms with van der Waals surface area (Å²) in [5.74, 6) is 1.94. The molecule has 8 heteroatoms. The lowest BCUT2D eigenvalue weighted by atomic mass is 10.4. The van der Waals surface area contributed by atoms with E-state index in [1.807, 2.05) is 0 Å². The Hall–Kier alpha value is -2.09. The van der Waals surface area contributed by atoms with Gasteiger partial charge >= 0.3 is 6.09 Å². The Balaban J connectivity index is 2.62. The lowest BCUT2D eigenvalue weighted by Crippen LogP contribution is -2.19. The lowest BCUT2D eigenvalue weighted by molar-refractivity contribution is 0.161. The average molecular weight is 283 g/mol. The van der Waals surface area contributed by atoms with E-state index in [4.69, 9.17) is 10.5 Å². The summed E-state index contributed by atoms with van der Waals surface area (Å²) in [7, 11) is 1.59. The van der Waals surface area contributed by atoms with Gasteiger partial charge in [-0.1, -0.05) is 6.92 Å². The number of primary amides is 1. The van der Waals surface area contributed by atoms with Crippen molar-refractivity contribution in [1.82, 2.24) is 9.97 Å². The predicted octanol–water partition coefficient (Wildman–Crippen LogP) is 0.952. The smallest absolute Gasteiger partial charge is 0.404 e. The van der Waals surface area contributed by atoms with Crippen molar-refractivity contribution in [3.63, 3.8) is 0 Å². The Morgan fingerprint density at radius 2 is 1.95 bits per heavy atom. The minimum absolute atomic E-state index is 0.177. The lowest BCUT2D eigenvalue weighted by Gasteiger charge is -2.10. The van der Waals surface area contributed by atoms with Crippen molar-refractivity contribution in [3.8, 4) is 0 Å². The second-order valence-electron chi connectivity index (χ2n) is 4.01. The highest BCUT2D eigenvalue weighted by Crippen LogP contribution is 2.11. The summed E-state index contributed by atoms with van der Waals surface area (Å²) in [5, 5.41) is 6.23. The number of hydrogen-bond donors (Lipinski definition) is 3. The number of anilines is 2. The fraction of sp³-hybridized carbons (Fsp3) is 0.583. The summed E-state index contributed by atoms with van der Waals surface area (Å²) in [6, 6.07) is 1.79. The van der Waals surface area contributed by atoms with E-state index in [2.05, 4.69) is 32.3 Å². The number of carbonyl (C=O) groups excluding carboxylic acids is 1. The van der Waals surface area contributed by atoms with Gasteiger partial charge in [0.15, 0.2) is 5.82 Å². The molecule has 8 nitrogen and oxygen atoms in total. The molecule has 20 heavy (non-hydrogen) atoms. The molecule has 1 rings (SSSR count). The summed E-state index contributed by atoms with van der Waals surface area (Å²) < 4.78 is 9.66. The molecule has 0 bridgehead atoms. The second kappa shape index (κ2) is 8.92. The molecule has 0 aromatic carbocycles. The van der Waals surface area contributed by atoms with Crippen LogP contribution in [0.5, 0.6) is 0 Å². The van der Waals surface area contributed by atoms with Gasteiger partial charge in [-0.25, -0.2) is 14.8 Å². The van der Waals surface area contributed by atoms with Crippen molar-refractivity contribution >= 4 is 17.7 Å². The summed E-state index contributed by atoms with van der Waals surface area (Å²) >= 11 is 0. The van der Waals surface area contributed by atoms with Gasteiger partial charge < -0.3 is 25.8 Å². The topological polar surface area (TPSA) is 111 Å². The first-order valence-electron chi connectivity index (χ1n) is 6.42. The monoisotopic (exact) mass is 283 g/mol. The second-order valence-corrected chi connectivity index (χ2v) is 4.01. The Morgan fingerprint density at radius 1 is 1.30 bits per heavy atom. The summed E-state index contributed by atoms with van der Waals surface area (Å²) in [6.07, 6.45) is 0.207. The largest absolute Gasteiger partial charge is 0.448 e. The Morgan fingerprint density at radius 3 is 2.50 bits per heavy atom. The van der Waals surface area contributed by atoms with Crippen molar-refractivity contribution in [2.45, 2.75) is 20.0 Å². The fourth-order valence-electron chi connectivity index (χ4n) is 1.46. The van der Waals surface area contributed by atoms with Crippen LogP contribution < -0.4 is 16.4 Å². The van der Waals surface area contributed by atoms with E-state index in [0.29, 0.717) is 24.8 Å². The predicted molar refractivity (Wildman–Crippen MR) is 75.6 cm³/mol. The standard InChI is InChI=1S/C12H21N5O3/c1-3-4-14-9-7-10(15-5-6-20-12(13)18)17-11(16-9)8-19-2/h7H,3-6,8H2,1-2H3,(H2,13,18)(H2,14,15,16,17). The van der Waals surface area contributed by atoms with Gasteiger partial charge in [0.2, 0.25) is 0 Å². The number of nitrogens with two attached hydrogens (primary N) is 1. The average Bonchev–Trinajstić information content (AvgIpc) is 2.41. The SMILES string of the molecule is CCCNc1cc(NCCOC(N)=O)nc(COC)n1. The molecule has 1 heterocycles. The van der Waals surface area contributed by atoms with Crippen LogP contribution in [0.3, 0.4) is 0 Å². The molecular weight excluding hydrogens is 262 g/mol. The third-order valence-electron chi connectivity index (χ3n) is 2.25. The highest BCUT2D eigenvalue weighted by atomic mass is 16.5. The van der Waals surface area contributed by atoms with E-state index in [9.17, 15) is 4.79 Å². The summed E-state index contributed by atoms with van der Waals surface area (Å²) in [4.78, 5) is 19.1. The molecule has 0 aliphatic rings. The van der Waals surface area contributed by atoms with Crippen LogP contribution in [0.1, 0.15) is 19.2 Å². The van der Waals surface area contributed by atoms with E-state index in [1.54, 1.807) is 13.2 Å². The van der Waals surface area contributed by atoms with Crippen LogP contribution in [0, 0.1) is 0 Å². The molecule has 0 saturated heterocycles. The normalized spacial score (nSPS) is 10.1. The molecule has 1 amide bonds. The molecule has 0 unspecified atom stereocenters. The number of methoxy groups -OCH3 is 1. The van der Waals surface area contributed by atoms with Gasteiger partial charge in [0.25, 0.3) is 0 Å². The fourth-order valence-corrected chi connectivity index (χ4v) is 1.46. The third kappa shape index (κ3) is 6.19. The van der Waals surface area contributed by atoms with Crippen LogP contribution in [0.15, 0.2) is 6.07 Å². The molecule has 0 radical (unpaired) electrons. The molecule has 0 saturated carbocycles. The molecule has 0 fully saturated rings. The Labute approximate surface area is 118 Å². The molecule has 1 aromatic heterocycles. The zero-order valence-electron chi connectivity index (χ0n) is 11.8. The number of ether oxygens (including phenoxy) is 2. The maximum atomic E-state index is 10.4. The Kier molecular flexibility index (Phi) is 7.12. The molecule has 0 atom stereocenters. The number of nitrogens with one attached hydrogen (secondary N) is 2. The van der Waals surface area contributed by atoms with Gasteiger partial charge in [0.1, 0.15) is 24.8 Å². The van der Waals surface area contributed by atoms with Crippen LogP contribution in [0.25, 0.3) is 0 Å². The number of nitrogens with zero attached hydrogens (tertiary/aromatic N) is 2. The maximum absolute atomic E-state index is 10.4. The number of aromatic nitrogens is 2. The van der Waals surface area contributed by atoms with Crippen LogP contribution in [-0.2, 0) is 16.1 Å². The molecular formula is C12H21N5O3. The first-order valence-corrected chi connectivity index (χ1v) is 6.42. The van der Waals surface area contributed by atoms with Crippen LogP contribution in [0.4, 0.5) is 16.4 Å². The quantitative estimate of drug-likeness (QED) is 0.578.